The Balaban J connectivity index is 1.80. The molecule has 1 fully saturated rings. The molecule has 0 spiro atoms. The van der Waals surface area contributed by atoms with E-state index >= 15 is 0 Å². The number of carbonyl (C=O) groups excluding carboxylic acids is 1. The number of hydrogen-bond acceptors (Lipinski definition) is 6. The summed E-state index contributed by atoms with van der Waals surface area (Å²) in [4.78, 5) is 15.9. The second-order valence-electron chi connectivity index (χ2n) is 6.80. The molecule has 1 saturated heterocycles. The molecule has 0 saturated carbocycles. The second-order valence-corrected chi connectivity index (χ2v) is 8.35. The highest BCUT2D eigenvalue weighted by Crippen LogP contribution is 2.30. The quantitative estimate of drug-likeness (QED) is 0.640. The monoisotopic (exact) mass is 420 g/mol. The van der Waals surface area contributed by atoms with Crippen molar-refractivity contribution in [2.75, 3.05) is 32.2 Å². The smallest absolute Gasteiger partial charge is 0.339 e. The van der Waals surface area contributed by atoms with E-state index in [4.69, 9.17) is 13.7 Å². The SMILES string of the molecule is COc1cc(OC)cc(OS(=O)(=O)c2ccc(N3CCN(C(C)C)C3=O)cc2)c1. The van der Waals surface area contributed by atoms with Crippen LogP contribution in [0.2, 0.25) is 0 Å². The highest BCUT2D eigenvalue weighted by Gasteiger charge is 2.31. The summed E-state index contributed by atoms with van der Waals surface area (Å²) in [6, 6.07) is 10.6. The summed E-state index contributed by atoms with van der Waals surface area (Å²) in [6.45, 7) is 5.12. The van der Waals surface area contributed by atoms with Gasteiger partial charge in [0.15, 0.2) is 0 Å². The van der Waals surface area contributed by atoms with Crippen molar-refractivity contribution in [1.29, 1.82) is 0 Å². The van der Waals surface area contributed by atoms with Crippen molar-refractivity contribution in [2.24, 2.45) is 0 Å². The van der Waals surface area contributed by atoms with Gasteiger partial charge in [-0.2, -0.15) is 8.42 Å². The Hall–Kier alpha value is -2.94. The highest BCUT2D eigenvalue weighted by atomic mass is 32.2. The molecule has 0 aliphatic carbocycles. The topological polar surface area (TPSA) is 85.4 Å². The van der Waals surface area contributed by atoms with E-state index in [0.717, 1.165) is 0 Å². The van der Waals surface area contributed by atoms with Gasteiger partial charge >= 0.3 is 16.1 Å². The summed E-state index contributed by atoms with van der Waals surface area (Å²) in [5.74, 6) is 0.895. The number of benzene rings is 2. The van der Waals surface area contributed by atoms with Gasteiger partial charge in [0.1, 0.15) is 22.1 Å². The van der Waals surface area contributed by atoms with E-state index in [2.05, 4.69) is 0 Å². The molecule has 2 aromatic rings. The molecule has 2 amide bonds. The predicted octanol–water partition coefficient (Wildman–Crippen LogP) is 3.12. The lowest BCUT2D eigenvalue weighted by atomic mass is 10.3. The molecule has 2 aromatic carbocycles. The van der Waals surface area contributed by atoms with Crippen LogP contribution in [-0.4, -0.2) is 52.7 Å². The van der Waals surface area contributed by atoms with Crippen LogP contribution in [-0.2, 0) is 10.1 Å². The van der Waals surface area contributed by atoms with E-state index in [9.17, 15) is 13.2 Å². The fourth-order valence-corrected chi connectivity index (χ4v) is 3.98. The second kappa shape index (κ2) is 8.20. The number of methoxy groups -OCH3 is 2. The number of ether oxygens (including phenoxy) is 2. The lowest BCUT2D eigenvalue weighted by Crippen LogP contribution is -2.36. The van der Waals surface area contributed by atoms with E-state index in [-0.39, 0.29) is 22.7 Å². The lowest BCUT2D eigenvalue weighted by Gasteiger charge is -2.21. The minimum Gasteiger partial charge on any atom is -0.496 e. The molecule has 0 aromatic heterocycles. The van der Waals surface area contributed by atoms with Gasteiger partial charge in [-0.05, 0) is 38.1 Å². The molecule has 3 rings (SSSR count). The normalized spacial score (nSPS) is 14.4. The Morgan fingerprint density at radius 3 is 1.93 bits per heavy atom. The van der Waals surface area contributed by atoms with Crippen LogP contribution in [0.3, 0.4) is 0 Å². The molecule has 8 nitrogen and oxygen atoms in total. The third-order valence-corrected chi connectivity index (χ3v) is 5.89. The standard InChI is InChI=1S/C20H24N2O6S/c1-14(2)21-9-10-22(20(21)23)15-5-7-19(8-6-15)29(24,25)28-18-12-16(26-3)11-17(13-18)27-4/h5-8,11-14H,9-10H2,1-4H3. The van der Waals surface area contributed by atoms with Gasteiger partial charge in [-0.25, -0.2) is 4.79 Å². The molecule has 0 bridgehead atoms. The fourth-order valence-electron chi connectivity index (χ4n) is 3.07. The van der Waals surface area contributed by atoms with Crippen LogP contribution in [0.1, 0.15) is 13.8 Å². The number of anilines is 1. The van der Waals surface area contributed by atoms with Crippen LogP contribution < -0.4 is 18.6 Å². The molecular weight excluding hydrogens is 396 g/mol. The molecule has 0 unspecified atom stereocenters. The highest BCUT2D eigenvalue weighted by molar-refractivity contribution is 7.87. The lowest BCUT2D eigenvalue weighted by molar-refractivity contribution is 0.209. The summed E-state index contributed by atoms with van der Waals surface area (Å²) >= 11 is 0. The first-order chi connectivity index (χ1) is 13.7. The van der Waals surface area contributed by atoms with Gasteiger partial charge in [0.25, 0.3) is 0 Å². The zero-order valence-corrected chi connectivity index (χ0v) is 17.6. The zero-order chi connectivity index (χ0) is 21.2. The maximum Gasteiger partial charge on any atom is 0.339 e. The molecule has 0 N–H and O–H groups in total. The number of rotatable bonds is 7. The van der Waals surface area contributed by atoms with Gasteiger partial charge in [0.2, 0.25) is 0 Å². The molecule has 0 atom stereocenters. The Labute approximate surface area is 170 Å². The van der Waals surface area contributed by atoms with E-state index in [0.29, 0.717) is 30.3 Å². The van der Waals surface area contributed by atoms with E-state index < -0.39 is 10.1 Å². The van der Waals surface area contributed by atoms with Gasteiger partial charge < -0.3 is 18.6 Å². The van der Waals surface area contributed by atoms with Crippen molar-refractivity contribution in [1.82, 2.24) is 4.90 Å². The molecule has 1 aliphatic heterocycles. The van der Waals surface area contributed by atoms with Crippen LogP contribution in [0.4, 0.5) is 10.5 Å². The first-order valence-corrected chi connectivity index (χ1v) is 10.5. The molecule has 0 radical (unpaired) electrons. The predicted molar refractivity (Wildman–Crippen MR) is 108 cm³/mol. The first-order valence-electron chi connectivity index (χ1n) is 9.11. The molecule has 1 heterocycles. The third kappa shape index (κ3) is 4.40. The zero-order valence-electron chi connectivity index (χ0n) is 16.8. The average Bonchev–Trinajstić information content (AvgIpc) is 3.09. The number of carbonyl (C=O) groups is 1. The molecule has 9 heteroatoms. The van der Waals surface area contributed by atoms with Crippen LogP contribution in [0, 0.1) is 0 Å². The van der Waals surface area contributed by atoms with E-state index in [1.165, 1.54) is 38.5 Å². The summed E-state index contributed by atoms with van der Waals surface area (Å²) in [6.07, 6.45) is 0. The van der Waals surface area contributed by atoms with Crippen LogP contribution in [0.5, 0.6) is 17.2 Å². The van der Waals surface area contributed by atoms with Gasteiger partial charge in [0.05, 0.1) is 14.2 Å². The summed E-state index contributed by atoms with van der Waals surface area (Å²) in [5, 5.41) is 0. The Morgan fingerprint density at radius 1 is 0.897 bits per heavy atom. The number of hydrogen-bond donors (Lipinski definition) is 0. The van der Waals surface area contributed by atoms with Crippen molar-refractivity contribution < 1.29 is 26.9 Å². The summed E-state index contributed by atoms with van der Waals surface area (Å²) in [7, 11) is -1.14. The van der Waals surface area contributed by atoms with Gasteiger partial charge in [0, 0.05) is 43.0 Å². The Morgan fingerprint density at radius 2 is 1.45 bits per heavy atom. The third-order valence-electron chi connectivity index (χ3n) is 4.63. The van der Waals surface area contributed by atoms with Crippen molar-refractivity contribution in [3.8, 4) is 17.2 Å². The molecular formula is C20H24N2O6S. The number of nitrogens with zero attached hydrogens (tertiary/aromatic N) is 2. The van der Waals surface area contributed by atoms with Gasteiger partial charge in [-0.3, -0.25) is 4.90 Å². The van der Waals surface area contributed by atoms with Crippen molar-refractivity contribution in [2.45, 2.75) is 24.8 Å². The summed E-state index contributed by atoms with van der Waals surface area (Å²) in [5.41, 5.74) is 0.639. The minimum absolute atomic E-state index is 0.0181. The van der Waals surface area contributed by atoms with Crippen molar-refractivity contribution in [3.05, 3.63) is 42.5 Å². The fraction of sp³-hybridized carbons (Fsp3) is 0.350. The molecule has 29 heavy (non-hydrogen) atoms. The maximum atomic E-state index is 12.6. The van der Waals surface area contributed by atoms with E-state index in [1.807, 2.05) is 13.8 Å². The van der Waals surface area contributed by atoms with Gasteiger partial charge in [-0.15, -0.1) is 0 Å². The molecule has 1 aliphatic rings. The number of amides is 2. The summed E-state index contributed by atoms with van der Waals surface area (Å²) < 4.78 is 40.8. The maximum absolute atomic E-state index is 12.6. The van der Waals surface area contributed by atoms with Gasteiger partial charge in [-0.1, -0.05) is 0 Å². The molecule has 156 valence electrons. The van der Waals surface area contributed by atoms with Crippen LogP contribution in [0.15, 0.2) is 47.4 Å². The minimum atomic E-state index is -4.07. The Kier molecular flexibility index (Phi) is 5.88. The number of urea groups is 1. The van der Waals surface area contributed by atoms with Crippen LogP contribution >= 0.6 is 0 Å². The Bertz CT molecular complexity index is 966. The largest absolute Gasteiger partial charge is 0.496 e. The van der Waals surface area contributed by atoms with Crippen LogP contribution in [0.25, 0.3) is 0 Å². The average molecular weight is 420 g/mol. The van der Waals surface area contributed by atoms with Crippen molar-refractivity contribution in [3.63, 3.8) is 0 Å². The van der Waals surface area contributed by atoms with Crippen molar-refractivity contribution >= 4 is 21.8 Å². The van der Waals surface area contributed by atoms with E-state index in [1.54, 1.807) is 28.0 Å². The first kappa shape index (κ1) is 20.8.